The van der Waals surface area contributed by atoms with Crippen LogP contribution in [0.25, 0.3) is 0 Å². The van der Waals surface area contributed by atoms with Gasteiger partial charge in [-0.25, -0.2) is 5.43 Å². The lowest BCUT2D eigenvalue weighted by Crippen LogP contribution is -2.34. The molecular formula is C17H17N3O3. The Morgan fingerprint density at radius 2 is 1.91 bits per heavy atom. The molecule has 0 heterocycles. The molecule has 2 N–H and O–H groups in total. The van der Waals surface area contributed by atoms with E-state index in [-0.39, 0.29) is 12.5 Å². The van der Waals surface area contributed by atoms with Crippen LogP contribution in [-0.2, 0) is 4.79 Å². The van der Waals surface area contributed by atoms with Crippen LogP contribution in [0.1, 0.15) is 15.9 Å². The number of carbonyl (C=O) groups is 2. The van der Waals surface area contributed by atoms with Crippen LogP contribution in [0.15, 0.2) is 59.7 Å². The standard InChI is InChI=1S/C17H17N3O3/c1-23-15-9-5-6-13(10-15)11-19-20-16(21)12-18-17(22)14-7-3-2-4-8-14/h2-11H,12H2,1H3,(H,18,22)(H,20,21)/b19-11+. The van der Waals surface area contributed by atoms with Crippen molar-refractivity contribution in [1.29, 1.82) is 0 Å². The van der Waals surface area contributed by atoms with Crippen molar-refractivity contribution >= 4 is 18.0 Å². The number of hydrazone groups is 1. The monoisotopic (exact) mass is 311 g/mol. The predicted molar refractivity (Wildman–Crippen MR) is 87.5 cm³/mol. The Hall–Kier alpha value is -3.15. The van der Waals surface area contributed by atoms with Crippen LogP contribution < -0.4 is 15.5 Å². The van der Waals surface area contributed by atoms with Gasteiger partial charge in [0.15, 0.2) is 0 Å². The van der Waals surface area contributed by atoms with Crippen molar-refractivity contribution in [1.82, 2.24) is 10.7 Å². The summed E-state index contributed by atoms with van der Waals surface area (Å²) in [6.45, 7) is -0.150. The summed E-state index contributed by atoms with van der Waals surface area (Å²) in [6, 6.07) is 15.9. The molecule has 2 rings (SSSR count). The van der Waals surface area contributed by atoms with Gasteiger partial charge in [-0.05, 0) is 29.8 Å². The first kappa shape index (κ1) is 16.2. The minimum Gasteiger partial charge on any atom is -0.497 e. The zero-order chi connectivity index (χ0) is 16.5. The summed E-state index contributed by atoms with van der Waals surface area (Å²) in [5.74, 6) is -0.0126. The fraction of sp³-hybridized carbons (Fsp3) is 0.118. The van der Waals surface area contributed by atoms with Gasteiger partial charge in [-0.15, -0.1) is 0 Å². The first-order valence-corrected chi connectivity index (χ1v) is 6.98. The van der Waals surface area contributed by atoms with E-state index in [2.05, 4.69) is 15.8 Å². The van der Waals surface area contributed by atoms with Gasteiger partial charge in [0, 0.05) is 5.56 Å². The third-order valence-electron chi connectivity index (χ3n) is 2.94. The second-order valence-corrected chi connectivity index (χ2v) is 4.62. The summed E-state index contributed by atoms with van der Waals surface area (Å²) in [7, 11) is 1.58. The van der Waals surface area contributed by atoms with E-state index < -0.39 is 5.91 Å². The maximum atomic E-state index is 11.8. The molecule has 0 fully saturated rings. The molecule has 23 heavy (non-hydrogen) atoms. The first-order valence-electron chi connectivity index (χ1n) is 6.98. The molecule has 6 heteroatoms. The highest BCUT2D eigenvalue weighted by atomic mass is 16.5. The molecule has 0 unspecified atom stereocenters. The summed E-state index contributed by atoms with van der Waals surface area (Å²) in [5.41, 5.74) is 3.64. The quantitative estimate of drug-likeness (QED) is 0.628. The SMILES string of the molecule is COc1cccc(/C=N/NC(=O)CNC(=O)c2ccccc2)c1. The number of rotatable bonds is 6. The van der Waals surface area contributed by atoms with E-state index in [1.807, 2.05) is 24.3 Å². The van der Waals surface area contributed by atoms with Crippen LogP contribution >= 0.6 is 0 Å². The van der Waals surface area contributed by atoms with Gasteiger partial charge < -0.3 is 10.1 Å². The molecule has 2 amide bonds. The van der Waals surface area contributed by atoms with Gasteiger partial charge in [0.2, 0.25) is 0 Å². The Balaban J connectivity index is 1.78. The van der Waals surface area contributed by atoms with Gasteiger partial charge in [-0.3, -0.25) is 9.59 Å². The van der Waals surface area contributed by atoms with Crippen LogP contribution in [-0.4, -0.2) is 31.7 Å². The number of nitrogens with one attached hydrogen (secondary N) is 2. The molecule has 0 saturated carbocycles. The Kier molecular flexibility index (Phi) is 5.88. The van der Waals surface area contributed by atoms with Gasteiger partial charge in [0.1, 0.15) is 5.75 Å². The average Bonchev–Trinajstić information content (AvgIpc) is 2.60. The Bertz CT molecular complexity index is 699. The van der Waals surface area contributed by atoms with Crippen molar-refractivity contribution in [3.8, 4) is 5.75 Å². The van der Waals surface area contributed by atoms with E-state index >= 15 is 0 Å². The molecule has 0 saturated heterocycles. The number of ether oxygens (including phenoxy) is 1. The largest absolute Gasteiger partial charge is 0.497 e. The van der Waals surface area contributed by atoms with E-state index in [1.54, 1.807) is 37.4 Å². The van der Waals surface area contributed by atoms with Crippen molar-refractivity contribution in [2.45, 2.75) is 0 Å². The van der Waals surface area contributed by atoms with Gasteiger partial charge >= 0.3 is 0 Å². The van der Waals surface area contributed by atoms with Crippen molar-refractivity contribution in [3.63, 3.8) is 0 Å². The minimum absolute atomic E-state index is 0.150. The molecule has 0 atom stereocenters. The van der Waals surface area contributed by atoms with Gasteiger partial charge in [-0.1, -0.05) is 30.3 Å². The smallest absolute Gasteiger partial charge is 0.259 e. The van der Waals surface area contributed by atoms with Crippen LogP contribution in [0.3, 0.4) is 0 Å². The lowest BCUT2D eigenvalue weighted by Gasteiger charge is -2.04. The number of benzene rings is 2. The third kappa shape index (κ3) is 5.28. The predicted octanol–water partition coefficient (Wildman–Crippen LogP) is 1.58. The number of nitrogens with zero attached hydrogens (tertiary/aromatic N) is 1. The molecule has 0 spiro atoms. The topological polar surface area (TPSA) is 79.8 Å². The van der Waals surface area contributed by atoms with Gasteiger partial charge in [0.25, 0.3) is 11.8 Å². The number of hydrogen-bond donors (Lipinski definition) is 2. The molecular weight excluding hydrogens is 294 g/mol. The second-order valence-electron chi connectivity index (χ2n) is 4.62. The van der Waals surface area contributed by atoms with Crippen LogP contribution in [0.5, 0.6) is 5.75 Å². The Labute approximate surface area is 134 Å². The molecule has 0 aliphatic carbocycles. The number of carbonyl (C=O) groups excluding carboxylic acids is 2. The molecule has 0 radical (unpaired) electrons. The molecule has 0 aromatic heterocycles. The summed E-state index contributed by atoms with van der Waals surface area (Å²) >= 11 is 0. The third-order valence-corrected chi connectivity index (χ3v) is 2.94. The number of hydrogen-bond acceptors (Lipinski definition) is 4. The van der Waals surface area contributed by atoms with Crippen molar-refractivity contribution < 1.29 is 14.3 Å². The normalized spacial score (nSPS) is 10.3. The molecule has 0 aliphatic rings. The van der Waals surface area contributed by atoms with E-state index in [0.29, 0.717) is 11.3 Å². The first-order chi connectivity index (χ1) is 11.2. The van der Waals surface area contributed by atoms with Gasteiger partial charge in [-0.2, -0.15) is 5.10 Å². The average molecular weight is 311 g/mol. The molecule has 0 aliphatic heterocycles. The summed E-state index contributed by atoms with van der Waals surface area (Å²) < 4.78 is 5.09. The van der Waals surface area contributed by atoms with E-state index in [4.69, 9.17) is 4.74 Å². The maximum Gasteiger partial charge on any atom is 0.259 e. The summed E-state index contributed by atoms with van der Waals surface area (Å²) in [4.78, 5) is 23.4. The lowest BCUT2D eigenvalue weighted by atomic mass is 10.2. The fourth-order valence-corrected chi connectivity index (χ4v) is 1.79. The minimum atomic E-state index is -0.409. The highest BCUT2D eigenvalue weighted by Crippen LogP contribution is 2.10. The highest BCUT2D eigenvalue weighted by Gasteiger charge is 2.06. The number of amides is 2. The summed E-state index contributed by atoms with van der Waals surface area (Å²) in [6.07, 6.45) is 1.50. The van der Waals surface area contributed by atoms with Crippen molar-refractivity contribution in [2.75, 3.05) is 13.7 Å². The molecule has 6 nitrogen and oxygen atoms in total. The van der Waals surface area contributed by atoms with Crippen molar-refractivity contribution in [3.05, 3.63) is 65.7 Å². The summed E-state index contributed by atoms with van der Waals surface area (Å²) in [5, 5.41) is 6.36. The van der Waals surface area contributed by atoms with E-state index in [1.165, 1.54) is 6.21 Å². The van der Waals surface area contributed by atoms with Crippen LogP contribution in [0.2, 0.25) is 0 Å². The van der Waals surface area contributed by atoms with Crippen LogP contribution in [0, 0.1) is 0 Å². The lowest BCUT2D eigenvalue weighted by molar-refractivity contribution is -0.120. The van der Waals surface area contributed by atoms with E-state index in [0.717, 1.165) is 5.56 Å². The van der Waals surface area contributed by atoms with Gasteiger partial charge in [0.05, 0.1) is 19.9 Å². The molecule has 2 aromatic rings. The molecule has 2 aromatic carbocycles. The van der Waals surface area contributed by atoms with E-state index in [9.17, 15) is 9.59 Å². The highest BCUT2D eigenvalue weighted by molar-refractivity contribution is 5.96. The zero-order valence-electron chi connectivity index (χ0n) is 12.7. The second kappa shape index (κ2) is 8.33. The number of methoxy groups -OCH3 is 1. The maximum absolute atomic E-state index is 11.8. The zero-order valence-corrected chi connectivity index (χ0v) is 12.7. The molecule has 0 bridgehead atoms. The molecule has 118 valence electrons. The fourth-order valence-electron chi connectivity index (χ4n) is 1.79. The van der Waals surface area contributed by atoms with Crippen molar-refractivity contribution in [2.24, 2.45) is 5.10 Å². The Morgan fingerprint density at radius 1 is 1.13 bits per heavy atom. The van der Waals surface area contributed by atoms with Crippen LogP contribution in [0.4, 0.5) is 0 Å². The Morgan fingerprint density at radius 3 is 2.65 bits per heavy atom.